The van der Waals surface area contributed by atoms with Crippen LogP contribution in [0.2, 0.25) is 0 Å². The monoisotopic (exact) mass is 1220 g/mol. The molecule has 6 aromatic rings. The number of hydrogen-bond acceptors (Lipinski definition) is 12. The van der Waals surface area contributed by atoms with Crippen molar-refractivity contribution >= 4 is 82.3 Å². The molecule has 0 aliphatic rings. The van der Waals surface area contributed by atoms with E-state index in [4.69, 9.17) is 43.4 Å². The third-order valence-corrected chi connectivity index (χ3v) is 10.9. The molecule has 0 saturated heterocycles. The van der Waals surface area contributed by atoms with Crippen molar-refractivity contribution in [1.29, 1.82) is 0 Å². The second-order valence-electron chi connectivity index (χ2n) is 20.5. The Balaban J connectivity index is 0.000000529. The molecule has 0 heterocycles. The molecule has 6 N–H and O–H groups in total. The van der Waals surface area contributed by atoms with Crippen molar-refractivity contribution in [1.82, 2.24) is 0 Å². The van der Waals surface area contributed by atoms with Gasteiger partial charge in [0, 0.05) is 40.5 Å². The molecular weight excluding hydrogens is 1140 g/mol. The number of benzene rings is 6. The summed E-state index contributed by atoms with van der Waals surface area (Å²) in [5, 5.41) is 15.7. The molecule has 2 atom stereocenters. The van der Waals surface area contributed by atoms with Gasteiger partial charge in [0.25, 0.3) is 0 Å². The highest BCUT2D eigenvalue weighted by Gasteiger charge is 2.14. The van der Waals surface area contributed by atoms with Gasteiger partial charge in [-0.15, -0.1) is 18.8 Å². The predicted molar refractivity (Wildman–Crippen MR) is 354 cm³/mol. The zero-order chi connectivity index (χ0) is 65.9. The molecule has 0 aliphatic carbocycles. The van der Waals surface area contributed by atoms with E-state index in [0.717, 1.165) is 56.9 Å². The van der Waals surface area contributed by atoms with Gasteiger partial charge in [-0.05, 0) is 151 Å². The number of alkyl halides is 1. The van der Waals surface area contributed by atoms with Gasteiger partial charge >= 0.3 is 36.6 Å². The van der Waals surface area contributed by atoms with Crippen LogP contribution in [0.1, 0.15) is 87.8 Å². The smallest absolute Gasteiger partial charge is 0.412 e. The molecule has 0 saturated carbocycles. The first kappa shape index (κ1) is 76.1. The summed E-state index contributed by atoms with van der Waals surface area (Å²) in [6.07, 6.45) is 9.63. The molecule has 2 unspecified atom stereocenters. The van der Waals surface area contributed by atoms with Gasteiger partial charge in [0.15, 0.2) is 12.7 Å². The number of anilines is 6. The van der Waals surface area contributed by atoms with Crippen LogP contribution in [0.4, 0.5) is 62.9 Å². The van der Waals surface area contributed by atoms with Gasteiger partial charge in [-0.25, -0.2) is 28.8 Å². The minimum absolute atomic E-state index is 0.00998. The SMILES string of the molecule is C#CCCOC(=O)Nc1ccc(C)cc1.C#CCOC(=O)Nc1ccc(C)cc1.C=CC(C)OC(=O)Nc1ccc(C)cc1.CCC(C)OC(=O)Nc1ccc(C)cc1.Cc1cccc(NC(=O)OCC(C)(C)C)c1.Cc1cccc(NC(=O)OCCl)c1. The number of nitrogens with one attached hydrogen (secondary N) is 6. The largest absolute Gasteiger partial charge is 0.449 e. The van der Waals surface area contributed by atoms with Gasteiger partial charge in [-0.3, -0.25) is 31.9 Å². The van der Waals surface area contributed by atoms with Crippen LogP contribution < -0.4 is 31.9 Å². The molecule has 0 bridgehead atoms. The van der Waals surface area contributed by atoms with E-state index >= 15 is 0 Å². The number of amides is 6. The van der Waals surface area contributed by atoms with Gasteiger partial charge in [0.1, 0.15) is 18.8 Å². The van der Waals surface area contributed by atoms with Crippen molar-refractivity contribution in [3.8, 4) is 24.7 Å². The topological polar surface area (TPSA) is 230 Å². The summed E-state index contributed by atoms with van der Waals surface area (Å²) in [6, 6.07) is 44.8. The Kier molecular flexibility index (Phi) is 37.8. The number of carbonyl (C=O) groups is 6. The van der Waals surface area contributed by atoms with E-state index in [1.165, 1.54) is 0 Å². The Hall–Kier alpha value is -9.91. The molecule has 19 heteroatoms. The molecule has 0 radical (unpaired) electrons. The number of rotatable bonds is 15. The Morgan fingerprint density at radius 1 is 0.489 bits per heavy atom. The molecule has 88 heavy (non-hydrogen) atoms. The molecule has 0 aromatic heterocycles. The molecule has 6 rings (SSSR count). The van der Waals surface area contributed by atoms with Crippen molar-refractivity contribution in [3.05, 3.63) is 192 Å². The predicted octanol–water partition coefficient (Wildman–Crippen LogP) is 17.5. The molecular formula is C69H85ClN6O12. The summed E-state index contributed by atoms with van der Waals surface area (Å²) in [5.74, 6) is 4.60. The second-order valence-corrected chi connectivity index (χ2v) is 20.7. The van der Waals surface area contributed by atoms with Crippen molar-refractivity contribution in [2.75, 3.05) is 57.8 Å². The molecule has 6 aromatic carbocycles. The minimum atomic E-state index is -0.541. The van der Waals surface area contributed by atoms with Gasteiger partial charge < -0.3 is 28.4 Å². The molecule has 0 aliphatic heterocycles. The van der Waals surface area contributed by atoms with E-state index in [2.05, 4.69) is 59.8 Å². The van der Waals surface area contributed by atoms with Crippen LogP contribution in [0.15, 0.2) is 158 Å². The lowest BCUT2D eigenvalue weighted by Gasteiger charge is -2.18. The lowest BCUT2D eigenvalue weighted by molar-refractivity contribution is 0.118. The van der Waals surface area contributed by atoms with E-state index in [1.807, 2.05) is 204 Å². The number of carbonyl (C=O) groups excluding carboxylic acids is 6. The van der Waals surface area contributed by atoms with Gasteiger partial charge in [0.05, 0.1) is 6.61 Å². The van der Waals surface area contributed by atoms with Crippen molar-refractivity contribution in [3.63, 3.8) is 0 Å². The normalized spacial score (nSPS) is 10.4. The quantitative estimate of drug-likeness (QED) is 0.0185. The van der Waals surface area contributed by atoms with Gasteiger partial charge in [-0.2, -0.15) is 0 Å². The number of terminal acetylenes is 2. The maximum absolute atomic E-state index is 11.4. The van der Waals surface area contributed by atoms with Gasteiger partial charge in [-0.1, -0.05) is 153 Å². The molecule has 18 nitrogen and oxygen atoms in total. The molecule has 470 valence electrons. The lowest BCUT2D eigenvalue weighted by Crippen LogP contribution is -2.21. The average molecular weight is 1230 g/mol. The van der Waals surface area contributed by atoms with Gasteiger partial charge in [0.2, 0.25) is 0 Å². The second kappa shape index (κ2) is 43.7. The molecule has 0 fully saturated rings. The first-order chi connectivity index (χ1) is 41.8. The van der Waals surface area contributed by atoms with Crippen LogP contribution in [0.25, 0.3) is 0 Å². The Morgan fingerprint density at radius 2 is 0.841 bits per heavy atom. The van der Waals surface area contributed by atoms with Crippen LogP contribution in [0, 0.1) is 71.6 Å². The summed E-state index contributed by atoms with van der Waals surface area (Å²) in [4.78, 5) is 67.2. The van der Waals surface area contributed by atoms with Crippen molar-refractivity contribution in [2.24, 2.45) is 5.41 Å². The maximum Gasteiger partial charge on any atom is 0.412 e. The summed E-state index contributed by atoms with van der Waals surface area (Å²) < 4.78 is 29.1. The van der Waals surface area contributed by atoms with Crippen molar-refractivity contribution in [2.45, 2.75) is 108 Å². The van der Waals surface area contributed by atoms with E-state index in [-0.39, 0.29) is 36.9 Å². The highest BCUT2D eigenvalue weighted by molar-refractivity contribution is 6.17. The number of hydrogen-bond donors (Lipinski definition) is 6. The van der Waals surface area contributed by atoms with Crippen LogP contribution >= 0.6 is 11.6 Å². The van der Waals surface area contributed by atoms with E-state index in [9.17, 15) is 28.8 Å². The number of aryl methyl sites for hydroxylation is 6. The van der Waals surface area contributed by atoms with E-state index in [0.29, 0.717) is 30.1 Å². The maximum atomic E-state index is 11.4. The molecule has 0 spiro atoms. The zero-order valence-electron chi connectivity index (χ0n) is 52.5. The summed E-state index contributed by atoms with van der Waals surface area (Å²) in [5.41, 5.74) is 11.1. The first-order valence-corrected chi connectivity index (χ1v) is 28.5. The number of halogens is 1. The molecule has 6 amide bonds. The standard InChI is InChI=1S/C13H19NO2.C12H17NO2.C12H15NO2.C12H13NO2.C11H11NO2.C9H10ClNO2/c1-10-6-5-7-11(8-10)14-12(15)16-9-13(2,3)4;2*1-4-10(3)15-12(14)13-11-7-5-9(2)6-8-11;1-3-4-9-15-12(14)13-11-7-5-10(2)6-8-11;1-3-8-14-11(13)12-10-6-4-9(2)5-7-10;1-7-3-2-4-8(5-7)11-9(12)13-6-10/h5-8H,9H2,1-4H3,(H,14,15);5-8,10H,4H2,1-3H3,(H,13,14);4-8,10H,1H2,2-3H3,(H,13,14);1,5-8H,4,9H2,2H3,(H,13,14);1,4-7H,8H2,2H3,(H,12,13);2-5H,6H2,1H3,(H,11,12). The first-order valence-electron chi connectivity index (χ1n) is 27.9. The fourth-order valence-electron chi connectivity index (χ4n) is 6.03. The summed E-state index contributed by atoms with van der Waals surface area (Å²) >= 11 is 5.21. The minimum Gasteiger partial charge on any atom is -0.449 e. The zero-order valence-corrected chi connectivity index (χ0v) is 53.2. The Labute approximate surface area is 524 Å². The Bertz CT molecular complexity index is 3140. The summed E-state index contributed by atoms with van der Waals surface area (Å²) in [7, 11) is 0. The third kappa shape index (κ3) is 39.6. The highest BCUT2D eigenvalue weighted by Crippen LogP contribution is 2.16. The van der Waals surface area contributed by atoms with Crippen LogP contribution in [-0.2, 0) is 28.4 Å². The van der Waals surface area contributed by atoms with Crippen LogP contribution in [0.5, 0.6) is 0 Å². The van der Waals surface area contributed by atoms with Crippen molar-refractivity contribution < 1.29 is 57.2 Å². The van der Waals surface area contributed by atoms with E-state index in [1.54, 1.807) is 31.2 Å². The third-order valence-electron chi connectivity index (χ3n) is 10.8. The average Bonchev–Trinajstić information content (AvgIpc) is 3.70. The van der Waals surface area contributed by atoms with Crippen LogP contribution in [-0.4, -0.2) is 74.7 Å². The van der Waals surface area contributed by atoms with E-state index < -0.39 is 36.6 Å². The number of ether oxygens (including phenoxy) is 6. The fourth-order valence-corrected chi connectivity index (χ4v) is 6.13. The Morgan fingerprint density at radius 3 is 1.18 bits per heavy atom. The fraction of sp³-hybridized carbons (Fsp3) is 0.304. The lowest BCUT2D eigenvalue weighted by atomic mass is 9.99. The van der Waals surface area contributed by atoms with Crippen LogP contribution in [0.3, 0.4) is 0 Å². The highest BCUT2D eigenvalue weighted by atomic mass is 35.5. The summed E-state index contributed by atoms with van der Waals surface area (Å²) in [6.45, 7) is 27.7.